The van der Waals surface area contributed by atoms with Crippen molar-refractivity contribution in [1.82, 2.24) is 0 Å². The highest BCUT2D eigenvalue weighted by atomic mass is 79.9. The molecule has 1 aromatic carbocycles. The first-order valence-corrected chi connectivity index (χ1v) is 6.80. The molecule has 1 saturated carbocycles. The molecule has 2 N–H and O–H groups in total. The number of hydrogen-bond acceptors (Lipinski definition) is 2. The third-order valence-corrected chi connectivity index (χ3v) is 3.82. The van der Waals surface area contributed by atoms with Crippen LogP contribution in [0.3, 0.4) is 0 Å². The Morgan fingerprint density at radius 1 is 1.29 bits per heavy atom. The van der Waals surface area contributed by atoms with Crippen LogP contribution < -0.4 is 5.32 Å². The van der Waals surface area contributed by atoms with E-state index in [1.807, 2.05) is 0 Å². The second-order valence-corrected chi connectivity index (χ2v) is 5.68. The lowest BCUT2D eigenvalue weighted by Crippen LogP contribution is -2.38. The van der Waals surface area contributed by atoms with Crippen LogP contribution in [0.25, 0.3) is 0 Å². The second kappa shape index (κ2) is 5.36. The fourth-order valence-electron chi connectivity index (χ4n) is 2.28. The fourth-order valence-corrected chi connectivity index (χ4v) is 2.61. The largest absolute Gasteiger partial charge is 0.388 e. The van der Waals surface area contributed by atoms with E-state index in [4.69, 9.17) is 0 Å². The highest BCUT2D eigenvalue weighted by Gasteiger charge is 2.28. The number of aliphatic hydroxyl groups is 1. The first-order chi connectivity index (χ1) is 8.09. The standard InChI is InChI=1S/C13H17BrFNO/c14-10-4-5-12(11(15)8-10)16-9-13(17)6-2-1-3-7-13/h4-5,8,16-17H,1-3,6-7,9H2. The van der Waals surface area contributed by atoms with Crippen LogP contribution in [0.5, 0.6) is 0 Å². The summed E-state index contributed by atoms with van der Waals surface area (Å²) in [5.74, 6) is -0.293. The van der Waals surface area contributed by atoms with E-state index in [-0.39, 0.29) is 5.82 Å². The molecular formula is C13H17BrFNO. The summed E-state index contributed by atoms with van der Waals surface area (Å²) < 4.78 is 14.3. The molecule has 1 fully saturated rings. The van der Waals surface area contributed by atoms with Gasteiger partial charge in [-0.15, -0.1) is 0 Å². The monoisotopic (exact) mass is 301 g/mol. The molecule has 0 heterocycles. The Bertz CT molecular complexity index is 391. The molecule has 0 atom stereocenters. The summed E-state index contributed by atoms with van der Waals surface area (Å²) in [6, 6.07) is 4.90. The highest BCUT2D eigenvalue weighted by molar-refractivity contribution is 9.10. The van der Waals surface area contributed by atoms with Crippen LogP contribution in [-0.2, 0) is 0 Å². The fraction of sp³-hybridized carbons (Fsp3) is 0.538. The van der Waals surface area contributed by atoms with Crippen molar-refractivity contribution in [2.45, 2.75) is 37.7 Å². The van der Waals surface area contributed by atoms with Gasteiger partial charge in [-0.25, -0.2) is 4.39 Å². The van der Waals surface area contributed by atoms with E-state index < -0.39 is 5.60 Å². The number of anilines is 1. The molecule has 2 nitrogen and oxygen atoms in total. The highest BCUT2D eigenvalue weighted by Crippen LogP contribution is 2.29. The molecule has 0 radical (unpaired) electrons. The van der Waals surface area contributed by atoms with Gasteiger partial charge < -0.3 is 10.4 Å². The summed E-state index contributed by atoms with van der Waals surface area (Å²) >= 11 is 3.22. The van der Waals surface area contributed by atoms with Gasteiger partial charge in [0.1, 0.15) is 5.82 Å². The van der Waals surface area contributed by atoms with Crippen LogP contribution in [0.4, 0.5) is 10.1 Å². The van der Waals surface area contributed by atoms with Gasteiger partial charge >= 0.3 is 0 Å². The minimum atomic E-state index is -0.669. The zero-order valence-corrected chi connectivity index (χ0v) is 11.3. The normalized spacial score (nSPS) is 19.0. The van der Waals surface area contributed by atoms with Gasteiger partial charge in [-0.1, -0.05) is 35.2 Å². The van der Waals surface area contributed by atoms with Gasteiger partial charge in [0.05, 0.1) is 11.3 Å². The summed E-state index contributed by atoms with van der Waals surface area (Å²) in [6.07, 6.45) is 4.91. The zero-order valence-electron chi connectivity index (χ0n) is 9.68. The smallest absolute Gasteiger partial charge is 0.147 e. The van der Waals surface area contributed by atoms with Gasteiger partial charge in [-0.2, -0.15) is 0 Å². The average Bonchev–Trinajstić information content (AvgIpc) is 2.29. The van der Waals surface area contributed by atoms with E-state index in [1.165, 1.54) is 12.5 Å². The molecule has 0 aromatic heterocycles. The molecule has 2 rings (SSSR count). The van der Waals surface area contributed by atoms with Crippen molar-refractivity contribution in [3.8, 4) is 0 Å². The molecule has 4 heteroatoms. The minimum Gasteiger partial charge on any atom is -0.388 e. The number of halogens is 2. The van der Waals surface area contributed by atoms with E-state index in [0.717, 1.165) is 30.2 Å². The molecule has 1 aromatic rings. The molecule has 94 valence electrons. The van der Waals surface area contributed by atoms with Gasteiger partial charge in [-0.3, -0.25) is 0 Å². The molecule has 17 heavy (non-hydrogen) atoms. The van der Waals surface area contributed by atoms with Crippen LogP contribution in [0.2, 0.25) is 0 Å². The average molecular weight is 302 g/mol. The lowest BCUT2D eigenvalue weighted by molar-refractivity contribution is 0.0167. The Kier molecular flexibility index (Phi) is 4.05. The van der Waals surface area contributed by atoms with Crippen LogP contribution in [0.15, 0.2) is 22.7 Å². The molecular weight excluding hydrogens is 285 g/mol. The number of hydrogen-bond donors (Lipinski definition) is 2. The van der Waals surface area contributed by atoms with Crippen molar-refractivity contribution >= 4 is 21.6 Å². The Labute approximate surface area is 109 Å². The van der Waals surface area contributed by atoms with Crippen molar-refractivity contribution in [3.05, 3.63) is 28.5 Å². The number of nitrogens with one attached hydrogen (secondary N) is 1. The summed E-state index contributed by atoms with van der Waals surface area (Å²) in [5, 5.41) is 13.3. The van der Waals surface area contributed by atoms with Crippen molar-refractivity contribution in [1.29, 1.82) is 0 Å². The van der Waals surface area contributed by atoms with Crippen LogP contribution >= 0.6 is 15.9 Å². The summed E-state index contributed by atoms with van der Waals surface area (Å²) in [7, 11) is 0. The van der Waals surface area contributed by atoms with Crippen molar-refractivity contribution < 1.29 is 9.50 Å². The van der Waals surface area contributed by atoms with Gasteiger partial charge in [0.15, 0.2) is 0 Å². The summed E-state index contributed by atoms with van der Waals surface area (Å²) in [4.78, 5) is 0. The van der Waals surface area contributed by atoms with E-state index in [1.54, 1.807) is 12.1 Å². The van der Waals surface area contributed by atoms with Gasteiger partial charge in [0.2, 0.25) is 0 Å². The van der Waals surface area contributed by atoms with Gasteiger partial charge in [0, 0.05) is 11.0 Å². The molecule has 0 aliphatic heterocycles. The van der Waals surface area contributed by atoms with E-state index in [0.29, 0.717) is 12.2 Å². The predicted octanol–water partition coefficient (Wildman–Crippen LogP) is 3.70. The maximum Gasteiger partial charge on any atom is 0.147 e. The minimum absolute atomic E-state index is 0.293. The lowest BCUT2D eigenvalue weighted by Gasteiger charge is -2.32. The van der Waals surface area contributed by atoms with Crippen molar-refractivity contribution in [2.75, 3.05) is 11.9 Å². The number of benzene rings is 1. The Morgan fingerprint density at radius 2 is 2.00 bits per heavy atom. The first kappa shape index (κ1) is 12.8. The lowest BCUT2D eigenvalue weighted by atomic mass is 9.85. The molecule has 0 amide bonds. The van der Waals surface area contributed by atoms with Crippen LogP contribution in [0.1, 0.15) is 32.1 Å². The predicted molar refractivity (Wildman–Crippen MR) is 70.6 cm³/mol. The van der Waals surface area contributed by atoms with Crippen molar-refractivity contribution in [2.24, 2.45) is 0 Å². The van der Waals surface area contributed by atoms with Gasteiger partial charge in [-0.05, 0) is 31.0 Å². The molecule has 0 saturated heterocycles. The zero-order chi connectivity index (χ0) is 12.3. The SMILES string of the molecule is OC1(CNc2ccc(Br)cc2F)CCCCC1. The van der Waals surface area contributed by atoms with E-state index in [2.05, 4.69) is 21.2 Å². The first-order valence-electron chi connectivity index (χ1n) is 6.00. The molecule has 1 aliphatic rings. The molecule has 0 unspecified atom stereocenters. The third-order valence-electron chi connectivity index (χ3n) is 3.32. The second-order valence-electron chi connectivity index (χ2n) is 4.76. The Hall–Kier alpha value is -0.610. The number of rotatable bonds is 3. The summed E-state index contributed by atoms with van der Waals surface area (Å²) in [5.41, 5.74) is -0.218. The molecule has 0 spiro atoms. The van der Waals surface area contributed by atoms with Gasteiger partial charge in [0.25, 0.3) is 0 Å². The maximum atomic E-state index is 13.6. The van der Waals surface area contributed by atoms with E-state index in [9.17, 15) is 9.50 Å². The van der Waals surface area contributed by atoms with E-state index >= 15 is 0 Å². The molecule has 1 aliphatic carbocycles. The topological polar surface area (TPSA) is 32.3 Å². The van der Waals surface area contributed by atoms with Crippen LogP contribution in [0, 0.1) is 5.82 Å². The van der Waals surface area contributed by atoms with Crippen molar-refractivity contribution in [3.63, 3.8) is 0 Å². The third kappa shape index (κ3) is 3.42. The quantitative estimate of drug-likeness (QED) is 0.892. The van der Waals surface area contributed by atoms with Crippen LogP contribution in [-0.4, -0.2) is 17.3 Å². The Balaban J connectivity index is 1.97. The Morgan fingerprint density at radius 3 is 2.65 bits per heavy atom. The maximum absolute atomic E-state index is 13.6. The summed E-state index contributed by atoms with van der Waals surface area (Å²) in [6.45, 7) is 0.422. The molecule has 0 bridgehead atoms.